The van der Waals surface area contributed by atoms with Crippen molar-refractivity contribution >= 4 is 33.4 Å². The van der Waals surface area contributed by atoms with Gasteiger partial charge in [0.1, 0.15) is 17.2 Å². The second-order valence-electron chi connectivity index (χ2n) is 5.65. The lowest BCUT2D eigenvalue weighted by molar-refractivity contribution is 0.601. The molecule has 0 atom stereocenters. The van der Waals surface area contributed by atoms with E-state index in [9.17, 15) is 12.8 Å². The Morgan fingerprint density at radius 1 is 1.28 bits per heavy atom. The maximum atomic E-state index is 14.5. The average Bonchev–Trinajstić information content (AvgIpc) is 2.95. The molecule has 0 spiro atoms. The Hall–Kier alpha value is -2.52. The van der Waals surface area contributed by atoms with E-state index in [2.05, 4.69) is 14.7 Å². The van der Waals surface area contributed by atoms with Crippen LogP contribution in [0.5, 0.6) is 0 Å². The van der Waals surface area contributed by atoms with Gasteiger partial charge in [0.25, 0.3) is 0 Å². The number of fused-ring (bicyclic) bond motifs is 1. The van der Waals surface area contributed by atoms with Gasteiger partial charge in [0, 0.05) is 26.7 Å². The van der Waals surface area contributed by atoms with Crippen molar-refractivity contribution in [2.45, 2.75) is 6.42 Å². The SMILES string of the molecule is CN(c1cc2c(cn1)ncn2C)c1ccc(CCN[SH](=O)=O)cc1F. The maximum Gasteiger partial charge on any atom is 0.201 e. The zero-order chi connectivity index (χ0) is 18.0. The van der Waals surface area contributed by atoms with Gasteiger partial charge < -0.3 is 9.47 Å². The van der Waals surface area contributed by atoms with Gasteiger partial charge in [-0.3, -0.25) is 0 Å². The van der Waals surface area contributed by atoms with Crippen molar-refractivity contribution < 1.29 is 12.8 Å². The topological polar surface area (TPSA) is 80.1 Å². The Kier molecular flexibility index (Phi) is 4.95. The summed E-state index contributed by atoms with van der Waals surface area (Å²) in [6.45, 7) is 0.242. The minimum atomic E-state index is -2.63. The van der Waals surface area contributed by atoms with Crippen LogP contribution in [0.1, 0.15) is 5.56 Å². The molecule has 0 unspecified atom stereocenters. The summed E-state index contributed by atoms with van der Waals surface area (Å²) in [5.41, 5.74) is 2.79. The number of anilines is 2. The summed E-state index contributed by atoms with van der Waals surface area (Å²) in [5, 5.41) is 0. The highest BCUT2D eigenvalue weighted by atomic mass is 32.2. The summed E-state index contributed by atoms with van der Waals surface area (Å²) in [4.78, 5) is 10.2. The van der Waals surface area contributed by atoms with Crippen LogP contribution >= 0.6 is 0 Å². The van der Waals surface area contributed by atoms with Crippen LogP contribution in [0, 0.1) is 5.82 Å². The molecule has 2 aromatic heterocycles. The largest absolute Gasteiger partial charge is 0.334 e. The third-order valence-electron chi connectivity index (χ3n) is 3.97. The number of pyridine rings is 1. The zero-order valence-electron chi connectivity index (χ0n) is 13.8. The Morgan fingerprint density at radius 3 is 2.80 bits per heavy atom. The number of aromatic nitrogens is 3. The molecule has 3 aromatic rings. The van der Waals surface area contributed by atoms with E-state index >= 15 is 0 Å². The number of nitrogens with zero attached hydrogens (tertiary/aromatic N) is 4. The molecule has 0 bridgehead atoms. The molecule has 7 nitrogen and oxygen atoms in total. The Bertz CT molecular complexity index is 978. The lowest BCUT2D eigenvalue weighted by atomic mass is 10.1. The summed E-state index contributed by atoms with van der Waals surface area (Å²) in [6.07, 6.45) is 3.78. The van der Waals surface area contributed by atoms with E-state index < -0.39 is 16.7 Å². The van der Waals surface area contributed by atoms with Crippen LogP contribution in [-0.2, 0) is 24.4 Å². The molecule has 132 valence electrons. The molecular weight excluding hydrogens is 345 g/mol. The summed E-state index contributed by atoms with van der Waals surface area (Å²) in [6, 6.07) is 6.70. The fourth-order valence-corrected chi connectivity index (χ4v) is 2.89. The number of hydrogen-bond donors (Lipinski definition) is 2. The smallest absolute Gasteiger partial charge is 0.201 e. The van der Waals surface area contributed by atoms with Gasteiger partial charge in [0.2, 0.25) is 10.9 Å². The van der Waals surface area contributed by atoms with Crippen LogP contribution in [0.3, 0.4) is 0 Å². The van der Waals surface area contributed by atoms with Crippen LogP contribution in [0.15, 0.2) is 36.8 Å². The lowest BCUT2D eigenvalue weighted by Crippen LogP contribution is -2.15. The van der Waals surface area contributed by atoms with Gasteiger partial charge in [0.05, 0.1) is 23.7 Å². The van der Waals surface area contributed by atoms with Crippen molar-refractivity contribution in [3.63, 3.8) is 0 Å². The van der Waals surface area contributed by atoms with Crippen LogP contribution in [0.4, 0.5) is 15.9 Å². The van der Waals surface area contributed by atoms with Crippen molar-refractivity contribution in [3.8, 4) is 0 Å². The summed E-state index contributed by atoms with van der Waals surface area (Å²) in [7, 11) is 0.998. The third kappa shape index (κ3) is 3.77. The van der Waals surface area contributed by atoms with Crippen LogP contribution < -0.4 is 9.62 Å². The van der Waals surface area contributed by atoms with E-state index in [1.54, 1.807) is 36.6 Å². The van der Waals surface area contributed by atoms with Crippen LogP contribution in [0.25, 0.3) is 11.0 Å². The van der Waals surface area contributed by atoms with Gasteiger partial charge in [-0.1, -0.05) is 6.07 Å². The quantitative estimate of drug-likeness (QED) is 0.650. The highest BCUT2D eigenvalue weighted by Crippen LogP contribution is 2.27. The first-order valence-electron chi connectivity index (χ1n) is 7.63. The Labute approximate surface area is 146 Å². The lowest BCUT2D eigenvalue weighted by Gasteiger charge is -2.19. The van der Waals surface area contributed by atoms with Gasteiger partial charge in [-0.05, 0) is 24.1 Å². The molecule has 0 aliphatic heterocycles. The van der Waals surface area contributed by atoms with Gasteiger partial charge in [-0.15, -0.1) is 0 Å². The number of benzene rings is 1. The Morgan fingerprint density at radius 2 is 2.08 bits per heavy atom. The molecule has 25 heavy (non-hydrogen) atoms. The number of rotatable bonds is 6. The second kappa shape index (κ2) is 7.16. The first kappa shape index (κ1) is 17.3. The van der Waals surface area contributed by atoms with Gasteiger partial charge in [-0.2, -0.15) is 0 Å². The molecule has 1 aromatic carbocycles. The number of nitrogens with one attached hydrogen (secondary N) is 1. The third-order valence-corrected chi connectivity index (χ3v) is 4.45. The fourth-order valence-electron chi connectivity index (χ4n) is 2.60. The predicted octanol–water partition coefficient (Wildman–Crippen LogP) is 1.53. The average molecular weight is 363 g/mol. The molecule has 0 amide bonds. The maximum absolute atomic E-state index is 14.5. The molecule has 0 fully saturated rings. The second-order valence-corrected chi connectivity index (χ2v) is 6.48. The monoisotopic (exact) mass is 363 g/mol. The normalized spacial score (nSPS) is 11.4. The van der Waals surface area contributed by atoms with Crippen LogP contribution in [0.2, 0.25) is 0 Å². The molecule has 9 heteroatoms. The summed E-state index contributed by atoms with van der Waals surface area (Å²) < 4.78 is 39.6. The Balaban J connectivity index is 1.83. The highest BCUT2D eigenvalue weighted by Gasteiger charge is 2.13. The summed E-state index contributed by atoms with van der Waals surface area (Å²) in [5.74, 6) is 0.214. The van der Waals surface area contributed by atoms with E-state index in [1.165, 1.54) is 6.07 Å². The van der Waals surface area contributed by atoms with Crippen molar-refractivity contribution in [2.24, 2.45) is 7.05 Å². The first-order valence-corrected chi connectivity index (χ1v) is 8.80. The molecule has 0 aliphatic carbocycles. The van der Waals surface area contributed by atoms with E-state index in [0.29, 0.717) is 23.5 Å². The number of imidazole rings is 1. The molecule has 1 N–H and O–H groups in total. The minimum absolute atomic E-state index is 0.242. The molecule has 0 saturated carbocycles. The van der Waals surface area contributed by atoms with Crippen molar-refractivity contribution in [1.29, 1.82) is 0 Å². The summed E-state index contributed by atoms with van der Waals surface area (Å²) >= 11 is 0. The van der Waals surface area contributed by atoms with E-state index in [1.807, 2.05) is 17.7 Å². The minimum Gasteiger partial charge on any atom is -0.334 e. The van der Waals surface area contributed by atoms with Crippen molar-refractivity contribution in [3.05, 3.63) is 48.2 Å². The molecule has 0 saturated heterocycles. The first-order chi connectivity index (χ1) is 12.0. The number of aryl methyl sites for hydroxylation is 1. The number of hydrogen-bond acceptors (Lipinski definition) is 5. The van der Waals surface area contributed by atoms with Gasteiger partial charge in [0.15, 0.2) is 0 Å². The van der Waals surface area contributed by atoms with Gasteiger partial charge in [-0.25, -0.2) is 27.5 Å². The van der Waals surface area contributed by atoms with E-state index in [-0.39, 0.29) is 6.54 Å². The fraction of sp³-hybridized carbons (Fsp3) is 0.250. The van der Waals surface area contributed by atoms with E-state index in [0.717, 1.165) is 11.0 Å². The highest BCUT2D eigenvalue weighted by molar-refractivity contribution is 7.70. The van der Waals surface area contributed by atoms with Crippen molar-refractivity contribution in [1.82, 2.24) is 19.3 Å². The number of thiol groups is 1. The molecule has 0 aliphatic rings. The van der Waals surface area contributed by atoms with Crippen molar-refractivity contribution in [2.75, 3.05) is 18.5 Å². The predicted molar refractivity (Wildman–Crippen MR) is 95.0 cm³/mol. The molecule has 3 rings (SSSR count). The van der Waals surface area contributed by atoms with E-state index in [4.69, 9.17) is 0 Å². The standard InChI is InChI=1S/C16H18FN5O2S/c1-21-10-19-13-9-18-16(8-15(13)21)22(2)14-4-3-11(7-12(14)17)5-6-20-25(23)24/h3-4,7-10,25H,5-6H2,1-2H3,(H,20,23,24). The molecule has 2 heterocycles. The molecular formula is C16H18FN5O2S. The van der Waals surface area contributed by atoms with Gasteiger partial charge >= 0.3 is 0 Å². The van der Waals surface area contributed by atoms with Crippen LogP contribution in [-0.4, -0.2) is 36.5 Å². The zero-order valence-corrected chi connectivity index (χ0v) is 14.7. The molecule has 0 radical (unpaired) electrons. The number of halogens is 1.